The number of carbonyl (C=O) groups excluding carboxylic acids is 1. The Kier molecular flexibility index (Phi) is 5.77. The van der Waals surface area contributed by atoms with E-state index in [2.05, 4.69) is 34.3 Å². The van der Waals surface area contributed by atoms with E-state index in [1.54, 1.807) is 6.92 Å². The molecule has 1 fully saturated rings. The largest absolute Gasteiger partial charge is 0.356 e. The Labute approximate surface area is 154 Å². The number of likely N-dealkylation sites (tertiary alicyclic amines) is 1. The highest BCUT2D eigenvalue weighted by molar-refractivity contribution is 5.82. The van der Waals surface area contributed by atoms with Gasteiger partial charge < -0.3 is 10.3 Å². The topological polar surface area (TPSA) is 65.2 Å². The molecule has 0 bridgehead atoms. The fraction of sp³-hybridized carbons (Fsp3) is 0.524. The number of H-pyrrole nitrogens is 1. The van der Waals surface area contributed by atoms with Crippen molar-refractivity contribution in [1.82, 2.24) is 15.2 Å². The lowest BCUT2D eigenvalue weighted by Crippen LogP contribution is -2.42. The number of hydrogen-bond acceptors (Lipinski definition) is 3. The van der Waals surface area contributed by atoms with E-state index in [9.17, 15) is 9.59 Å². The van der Waals surface area contributed by atoms with Crippen LogP contribution in [-0.4, -0.2) is 34.9 Å². The van der Waals surface area contributed by atoms with Crippen molar-refractivity contribution in [3.05, 3.63) is 45.2 Å². The Morgan fingerprint density at radius 3 is 2.85 bits per heavy atom. The molecule has 140 valence electrons. The third-order valence-electron chi connectivity index (χ3n) is 5.34. The summed E-state index contributed by atoms with van der Waals surface area (Å²) in [6, 6.07) is 6.70. The van der Waals surface area contributed by atoms with Crippen LogP contribution in [0.1, 0.15) is 49.3 Å². The lowest BCUT2D eigenvalue weighted by atomic mass is 9.98. The Balaban J connectivity index is 1.80. The van der Waals surface area contributed by atoms with Crippen molar-refractivity contribution in [2.75, 3.05) is 13.1 Å². The van der Waals surface area contributed by atoms with Crippen molar-refractivity contribution < 1.29 is 4.79 Å². The maximum absolute atomic E-state index is 12.6. The summed E-state index contributed by atoms with van der Waals surface area (Å²) in [5, 5.41) is 3.99. The van der Waals surface area contributed by atoms with Crippen LogP contribution in [0.4, 0.5) is 0 Å². The van der Waals surface area contributed by atoms with E-state index >= 15 is 0 Å². The van der Waals surface area contributed by atoms with Crippen molar-refractivity contribution in [1.29, 1.82) is 0 Å². The van der Waals surface area contributed by atoms with Gasteiger partial charge in [-0.05, 0) is 62.7 Å². The number of carbonyl (C=O) groups is 1. The summed E-state index contributed by atoms with van der Waals surface area (Å²) >= 11 is 0. The molecule has 0 aliphatic carbocycles. The standard InChI is InChI=1S/C21H29N3O2/c1-14-10-15(2)20-17(11-14)12-18(21(26)23-20)13-24-9-5-4-6-19(24)7-8-22-16(3)25/h10-12,19H,4-9,13H2,1-3H3,(H,22,25)(H,23,26)/t19-/m0/s1. The second-order valence-corrected chi connectivity index (χ2v) is 7.56. The fourth-order valence-corrected chi connectivity index (χ4v) is 4.08. The molecule has 0 saturated carbocycles. The number of benzene rings is 1. The van der Waals surface area contributed by atoms with Gasteiger partial charge in [-0.25, -0.2) is 0 Å². The Hall–Kier alpha value is -2.14. The molecule has 0 radical (unpaired) electrons. The molecule has 1 aliphatic heterocycles. The van der Waals surface area contributed by atoms with Crippen LogP contribution < -0.4 is 10.9 Å². The van der Waals surface area contributed by atoms with Gasteiger partial charge in [0.05, 0.1) is 5.52 Å². The Morgan fingerprint density at radius 2 is 2.08 bits per heavy atom. The van der Waals surface area contributed by atoms with Crippen molar-refractivity contribution >= 4 is 16.8 Å². The van der Waals surface area contributed by atoms with Crippen LogP contribution in [0.3, 0.4) is 0 Å². The van der Waals surface area contributed by atoms with E-state index in [1.807, 2.05) is 13.0 Å². The molecule has 26 heavy (non-hydrogen) atoms. The smallest absolute Gasteiger partial charge is 0.252 e. The van der Waals surface area contributed by atoms with Crippen LogP contribution >= 0.6 is 0 Å². The minimum absolute atomic E-state index is 0.00985. The predicted molar refractivity (Wildman–Crippen MR) is 105 cm³/mol. The monoisotopic (exact) mass is 355 g/mol. The molecule has 1 amide bonds. The van der Waals surface area contributed by atoms with Gasteiger partial charge in [0.25, 0.3) is 5.56 Å². The first-order chi connectivity index (χ1) is 12.4. The van der Waals surface area contributed by atoms with Crippen LogP contribution in [0.15, 0.2) is 23.0 Å². The van der Waals surface area contributed by atoms with Gasteiger partial charge in [0.15, 0.2) is 0 Å². The van der Waals surface area contributed by atoms with Gasteiger partial charge in [-0.2, -0.15) is 0 Å². The van der Waals surface area contributed by atoms with E-state index in [0.717, 1.165) is 41.4 Å². The van der Waals surface area contributed by atoms with Gasteiger partial charge >= 0.3 is 0 Å². The third-order valence-corrected chi connectivity index (χ3v) is 5.34. The predicted octanol–water partition coefficient (Wildman–Crippen LogP) is 3.03. The maximum atomic E-state index is 12.6. The second kappa shape index (κ2) is 8.04. The van der Waals surface area contributed by atoms with Crippen molar-refractivity contribution in [2.45, 2.75) is 59.0 Å². The minimum atomic E-state index is 0.00985. The van der Waals surface area contributed by atoms with Crippen LogP contribution in [0.2, 0.25) is 0 Å². The maximum Gasteiger partial charge on any atom is 0.252 e. The number of nitrogens with one attached hydrogen (secondary N) is 2. The Morgan fingerprint density at radius 1 is 1.27 bits per heavy atom. The summed E-state index contributed by atoms with van der Waals surface area (Å²) in [4.78, 5) is 29.2. The number of piperidine rings is 1. The summed E-state index contributed by atoms with van der Waals surface area (Å²) in [5.74, 6) is 0.0177. The average Bonchev–Trinajstić information content (AvgIpc) is 2.57. The summed E-state index contributed by atoms with van der Waals surface area (Å²) in [7, 11) is 0. The van der Waals surface area contributed by atoms with E-state index in [0.29, 0.717) is 19.1 Å². The lowest BCUT2D eigenvalue weighted by molar-refractivity contribution is -0.119. The van der Waals surface area contributed by atoms with Crippen LogP contribution in [-0.2, 0) is 11.3 Å². The number of aryl methyl sites for hydroxylation is 2. The number of amides is 1. The number of pyridine rings is 1. The molecule has 3 rings (SSSR count). The molecule has 1 saturated heterocycles. The van der Waals surface area contributed by atoms with E-state index < -0.39 is 0 Å². The van der Waals surface area contributed by atoms with Gasteiger partial charge in [0.2, 0.25) is 5.91 Å². The molecule has 2 aromatic rings. The SMILES string of the molecule is CC(=O)NCC[C@@H]1CCCCN1Cc1cc2cc(C)cc(C)c2[nH]c1=O. The van der Waals surface area contributed by atoms with E-state index in [-0.39, 0.29) is 11.5 Å². The van der Waals surface area contributed by atoms with Crippen LogP contribution in [0, 0.1) is 13.8 Å². The fourth-order valence-electron chi connectivity index (χ4n) is 4.08. The average molecular weight is 355 g/mol. The first kappa shape index (κ1) is 18.6. The number of fused-ring (bicyclic) bond motifs is 1. The minimum Gasteiger partial charge on any atom is -0.356 e. The zero-order chi connectivity index (χ0) is 18.7. The first-order valence-corrected chi connectivity index (χ1v) is 9.55. The van der Waals surface area contributed by atoms with Crippen molar-refractivity contribution in [3.63, 3.8) is 0 Å². The number of nitrogens with zero attached hydrogens (tertiary/aromatic N) is 1. The van der Waals surface area contributed by atoms with Gasteiger partial charge in [-0.1, -0.05) is 18.1 Å². The van der Waals surface area contributed by atoms with E-state index in [4.69, 9.17) is 0 Å². The lowest BCUT2D eigenvalue weighted by Gasteiger charge is -2.35. The first-order valence-electron chi connectivity index (χ1n) is 9.55. The summed E-state index contributed by atoms with van der Waals surface area (Å²) < 4.78 is 0. The number of rotatable bonds is 5. The van der Waals surface area contributed by atoms with Gasteiger partial charge in [-0.15, -0.1) is 0 Å². The third kappa shape index (κ3) is 4.33. The van der Waals surface area contributed by atoms with Gasteiger partial charge in [0.1, 0.15) is 0 Å². The number of aromatic amines is 1. The molecular formula is C21H29N3O2. The van der Waals surface area contributed by atoms with Crippen LogP contribution in [0.25, 0.3) is 10.9 Å². The second-order valence-electron chi connectivity index (χ2n) is 7.56. The highest BCUT2D eigenvalue weighted by Crippen LogP contribution is 2.23. The summed E-state index contributed by atoms with van der Waals surface area (Å²) in [6.07, 6.45) is 4.45. The quantitative estimate of drug-likeness (QED) is 0.866. The highest BCUT2D eigenvalue weighted by atomic mass is 16.1. The summed E-state index contributed by atoms with van der Waals surface area (Å²) in [6.45, 7) is 8.05. The van der Waals surface area contributed by atoms with Crippen molar-refractivity contribution in [3.8, 4) is 0 Å². The normalized spacial score (nSPS) is 18.2. The molecule has 5 heteroatoms. The molecular weight excluding hydrogens is 326 g/mol. The molecule has 0 unspecified atom stereocenters. The van der Waals surface area contributed by atoms with Gasteiger partial charge in [0, 0.05) is 31.6 Å². The molecule has 2 N–H and O–H groups in total. The molecule has 2 heterocycles. The molecule has 5 nitrogen and oxygen atoms in total. The zero-order valence-electron chi connectivity index (χ0n) is 16.0. The molecule has 0 spiro atoms. The molecule has 1 atom stereocenters. The molecule has 1 aromatic carbocycles. The van der Waals surface area contributed by atoms with Gasteiger partial charge in [-0.3, -0.25) is 14.5 Å². The summed E-state index contributed by atoms with van der Waals surface area (Å²) in [5.41, 5.74) is 4.09. The zero-order valence-corrected chi connectivity index (χ0v) is 16.0. The molecule has 1 aromatic heterocycles. The number of aromatic nitrogens is 1. The highest BCUT2D eigenvalue weighted by Gasteiger charge is 2.23. The van der Waals surface area contributed by atoms with E-state index in [1.165, 1.54) is 18.4 Å². The number of hydrogen-bond donors (Lipinski definition) is 2. The molecule has 1 aliphatic rings. The van der Waals surface area contributed by atoms with Crippen LogP contribution in [0.5, 0.6) is 0 Å². The van der Waals surface area contributed by atoms with Crippen molar-refractivity contribution in [2.24, 2.45) is 0 Å². The Bertz CT molecular complexity index is 856.